The van der Waals surface area contributed by atoms with Crippen LogP contribution in [-0.4, -0.2) is 25.9 Å². The van der Waals surface area contributed by atoms with Crippen LogP contribution in [0.15, 0.2) is 24.5 Å². The summed E-state index contributed by atoms with van der Waals surface area (Å²) < 4.78 is 1.83. The molecule has 0 atom stereocenters. The molecule has 0 radical (unpaired) electrons. The van der Waals surface area contributed by atoms with Crippen LogP contribution in [0.4, 0.5) is 11.5 Å². The lowest BCUT2D eigenvalue weighted by atomic mass is 10.3. The topological polar surface area (TPSA) is 98.7 Å². The third-order valence-corrected chi connectivity index (χ3v) is 2.32. The smallest absolute Gasteiger partial charge is 0.269 e. The van der Waals surface area contributed by atoms with Crippen molar-refractivity contribution in [2.24, 2.45) is 5.73 Å². The predicted molar refractivity (Wildman–Crippen MR) is 66.4 cm³/mol. The van der Waals surface area contributed by atoms with Gasteiger partial charge in [-0.1, -0.05) is 0 Å². The molecule has 18 heavy (non-hydrogen) atoms. The first-order valence-electron chi connectivity index (χ1n) is 5.51. The molecule has 0 saturated heterocycles. The summed E-state index contributed by atoms with van der Waals surface area (Å²) in [6.45, 7) is 4.08. The molecule has 0 aliphatic carbocycles. The quantitative estimate of drug-likeness (QED) is 0.841. The van der Waals surface area contributed by atoms with E-state index in [-0.39, 0.29) is 5.69 Å². The highest BCUT2D eigenvalue weighted by molar-refractivity contribution is 5.90. The van der Waals surface area contributed by atoms with E-state index in [1.54, 1.807) is 12.3 Å². The monoisotopic (exact) mass is 246 g/mol. The average molecular weight is 246 g/mol. The van der Waals surface area contributed by atoms with Crippen molar-refractivity contribution in [3.63, 3.8) is 0 Å². The molecule has 2 aromatic heterocycles. The van der Waals surface area contributed by atoms with Gasteiger partial charge in [0, 0.05) is 12.2 Å². The Kier molecular flexibility index (Phi) is 3.22. The van der Waals surface area contributed by atoms with Crippen LogP contribution in [0.1, 0.15) is 30.4 Å². The van der Waals surface area contributed by atoms with E-state index in [0.717, 1.165) is 5.69 Å². The number of hydrogen-bond acceptors (Lipinski definition) is 5. The highest BCUT2D eigenvalue weighted by atomic mass is 16.1. The zero-order valence-corrected chi connectivity index (χ0v) is 10.2. The molecule has 0 aromatic carbocycles. The van der Waals surface area contributed by atoms with Gasteiger partial charge in [0.05, 0.1) is 11.9 Å². The van der Waals surface area contributed by atoms with Crippen LogP contribution in [-0.2, 0) is 0 Å². The Morgan fingerprint density at radius 3 is 2.67 bits per heavy atom. The molecule has 0 aliphatic rings. The van der Waals surface area contributed by atoms with Gasteiger partial charge >= 0.3 is 0 Å². The lowest BCUT2D eigenvalue weighted by Gasteiger charge is -2.04. The van der Waals surface area contributed by atoms with Crippen molar-refractivity contribution in [3.8, 4) is 0 Å². The highest BCUT2D eigenvalue weighted by Gasteiger charge is 2.05. The minimum Gasteiger partial charge on any atom is -0.364 e. The van der Waals surface area contributed by atoms with Crippen molar-refractivity contribution in [2.75, 3.05) is 5.32 Å². The maximum Gasteiger partial charge on any atom is 0.269 e. The van der Waals surface area contributed by atoms with Gasteiger partial charge < -0.3 is 11.1 Å². The Labute approximate surface area is 104 Å². The standard InChI is InChI=1S/C11H14N6O/c1-7(2)17-6-8(5-13-17)14-10-4-3-9(11(12)18)15-16-10/h3-7H,1-2H3,(H2,12,18)(H,14,16). The Hall–Kier alpha value is -2.44. The average Bonchev–Trinajstić information content (AvgIpc) is 2.78. The van der Waals surface area contributed by atoms with Crippen LogP contribution in [0.3, 0.4) is 0 Å². The van der Waals surface area contributed by atoms with Crippen molar-refractivity contribution in [1.82, 2.24) is 20.0 Å². The number of carbonyl (C=O) groups is 1. The molecule has 3 N–H and O–H groups in total. The zero-order chi connectivity index (χ0) is 13.1. The first-order chi connectivity index (χ1) is 8.56. The second-order valence-electron chi connectivity index (χ2n) is 4.10. The van der Waals surface area contributed by atoms with Crippen LogP contribution in [0.5, 0.6) is 0 Å². The second kappa shape index (κ2) is 4.82. The molecule has 0 bridgehead atoms. The van der Waals surface area contributed by atoms with Crippen molar-refractivity contribution >= 4 is 17.4 Å². The van der Waals surface area contributed by atoms with Gasteiger partial charge in [0.15, 0.2) is 11.5 Å². The summed E-state index contributed by atoms with van der Waals surface area (Å²) in [6.07, 6.45) is 3.57. The van der Waals surface area contributed by atoms with E-state index < -0.39 is 5.91 Å². The van der Waals surface area contributed by atoms with Crippen LogP contribution in [0.25, 0.3) is 0 Å². The fourth-order valence-corrected chi connectivity index (χ4v) is 1.36. The third kappa shape index (κ3) is 2.62. The van der Waals surface area contributed by atoms with Gasteiger partial charge in [0.25, 0.3) is 5.91 Å². The lowest BCUT2D eigenvalue weighted by Crippen LogP contribution is -2.13. The first kappa shape index (κ1) is 12.0. The van der Waals surface area contributed by atoms with Crippen LogP contribution in [0.2, 0.25) is 0 Å². The van der Waals surface area contributed by atoms with Crippen molar-refractivity contribution in [2.45, 2.75) is 19.9 Å². The van der Waals surface area contributed by atoms with E-state index in [1.165, 1.54) is 6.07 Å². The molecule has 2 aromatic rings. The molecule has 1 amide bonds. The normalized spacial score (nSPS) is 10.6. The molecular weight excluding hydrogens is 232 g/mol. The minimum absolute atomic E-state index is 0.137. The van der Waals surface area contributed by atoms with E-state index in [4.69, 9.17) is 5.73 Å². The summed E-state index contributed by atoms with van der Waals surface area (Å²) in [5, 5.41) is 14.8. The summed E-state index contributed by atoms with van der Waals surface area (Å²) in [5.41, 5.74) is 6.03. The van der Waals surface area contributed by atoms with Gasteiger partial charge in [0.1, 0.15) is 0 Å². The highest BCUT2D eigenvalue weighted by Crippen LogP contribution is 2.14. The molecular formula is C11H14N6O. The van der Waals surface area contributed by atoms with Crippen molar-refractivity contribution < 1.29 is 4.79 Å². The molecule has 2 heterocycles. The molecule has 0 spiro atoms. The maximum absolute atomic E-state index is 10.8. The Morgan fingerprint density at radius 1 is 1.39 bits per heavy atom. The molecule has 2 rings (SSSR count). The van der Waals surface area contributed by atoms with Gasteiger partial charge in [-0.15, -0.1) is 10.2 Å². The minimum atomic E-state index is -0.596. The molecule has 7 heteroatoms. The number of anilines is 2. The van der Waals surface area contributed by atoms with Crippen molar-refractivity contribution in [3.05, 3.63) is 30.2 Å². The maximum atomic E-state index is 10.8. The number of amides is 1. The Bertz CT molecular complexity index is 545. The van der Waals surface area contributed by atoms with E-state index in [1.807, 2.05) is 24.7 Å². The summed E-state index contributed by atoms with van der Waals surface area (Å²) in [6, 6.07) is 3.45. The van der Waals surface area contributed by atoms with Gasteiger partial charge in [-0.2, -0.15) is 5.10 Å². The second-order valence-corrected chi connectivity index (χ2v) is 4.10. The van der Waals surface area contributed by atoms with Gasteiger partial charge in [-0.3, -0.25) is 9.48 Å². The largest absolute Gasteiger partial charge is 0.364 e. The molecule has 94 valence electrons. The fourth-order valence-electron chi connectivity index (χ4n) is 1.36. The number of carbonyl (C=O) groups excluding carboxylic acids is 1. The van der Waals surface area contributed by atoms with Crippen LogP contribution in [0, 0.1) is 0 Å². The predicted octanol–water partition coefficient (Wildman–Crippen LogP) is 1.10. The van der Waals surface area contributed by atoms with Crippen LogP contribution < -0.4 is 11.1 Å². The van der Waals surface area contributed by atoms with Crippen LogP contribution >= 0.6 is 0 Å². The molecule has 7 nitrogen and oxygen atoms in total. The molecule has 0 saturated carbocycles. The Balaban J connectivity index is 2.10. The first-order valence-corrected chi connectivity index (χ1v) is 5.51. The van der Waals surface area contributed by atoms with E-state index in [2.05, 4.69) is 20.6 Å². The summed E-state index contributed by atoms with van der Waals surface area (Å²) in [5.74, 6) is -0.0648. The molecule has 0 aliphatic heterocycles. The third-order valence-electron chi connectivity index (χ3n) is 2.32. The van der Waals surface area contributed by atoms with E-state index >= 15 is 0 Å². The van der Waals surface area contributed by atoms with E-state index in [9.17, 15) is 4.79 Å². The Morgan fingerprint density at radius 2 is 2.17 bits per heavy atom. The number of rotatable bonds is 4. The van der Waals surface area contributed by atoms with Crippen molar-refractivity contribution in [1.29, 1.82) is 0 Å². The molecule has 0 fully saturated rings. The number of aromatic nitrogens is 4. The number of nitrogens with two attached hydrogens (primary N) is 1. The number of nitrogens with one attached hydrogen (secondary N) is 1. The lowest BCUT2D eigenvalue weighted by molar-refractivity contribution is 0.0994. The summed E-state index contributed by atoms with van der Waals surface area (Å²) in [7, 11) is 0. The van der Waals surface area contributed by atoms with Gasteiger partial charge in [-0.05, 0) is 26.0 Å². The van der Waals surface area contributed by atoms with Gasteiger partial charge in [-0.25, -0.2) is 0 Å². The fraction of sp³-hybridized carbons (Fsp3) is 0.273. The zero-order valence-electron chi connectivity index (χ0n) is 10.2. The number of nitrogens with zero attached hydrogens (tertiary/aromatic N) is 4. The van der Waals surface area contributed by atoms with Gasteiger partial charge in [0.2, 0.25) is 0 Å². The number of hydrogen-bond donors (Lipinski definition) is 2. The summed E-state index contributed by atoms with van der Waals surface area (Å²) in [4.78, 5) is 10.8. The molecule has 0 unspecified atom stereocenters. The van der Waals surface area contributed by atoms with E-state index in [0.29, 0.717) is 11.9 Å². The number of primary amides is 1. The SMILES string of the molecule is CC(C)n1cc(Nc2ccc(C(N)=O)nn2)cn1. The summed E-state index contributed by atoms with van der Waals surface area (Å²) >= 11 is 0.